The number of carboxylic acid groups (broad SMARTS) is 1. The largest absolute Gasteiger partial charge is 0.480 e. The first-order valence-electron chi connectivity index (χ1n) is 6.67. The SMILES string of the molecule is CCC(NC(=O)c1ccc(-n2cccn2)c(C)c1)C(=O)O. The molecular formula is C15H17N3O3. The quantitative estimate of drug-likeness (QED) is 0.877. The fraction of sp³-hybridized carbons (Fsp3) is 0.267. The van der Waals surface area contributed by atoms with Crippen molar-refractivity contribution in [3.05, 3.63) is 47.8 Å². The lowest BCUT2D eigenvalue weighted by atomic mass is 10.1. The van der Waals surface area contributed by atoms with E-state index in [1.807, 2.05) is 19.2 Å². The number of hydrogen-bond donors (Lipinski definition) is 2. The van der Waals surface area contributed by atoms with Crippen molar-refractivity contribution in [2.75, 3.05) is 0 Å². The van der Waals surface area contributed by atoms with Gasteiger partial charge in [-0.2, -0.15) is 5.10 Å². The third-order valence-corrected chi connectivity index (χ3v) is 3.22. The van der Waals surface area contributed by atoms with Gasteiger partial charge in [0.25, 0.3) is 5.91 Å². The highest BCUT2D eigenvalue weighted by molar-refractivity contribution is 5.97. The average Bonchev–Trinajstić information content (AvgIpc) is 2.97. The van der Waals surface area contributed by atoms with Gasteiger partial charge >= 0.3 is 5.97 Å². The Morgan fingerprint density at radius 1 is 1.43 bits per heavy atom. The second-order valence-corrected chi connectivity index (χ2v) is 4.72. The Labute approximate surface area is 122 Å². The van der Waals surface area contributed by atoms with Crippen LogP contribution in [0.4, 0.5) is 0 Å². The molecule has 0 spiro atoms. The van der Waals surface area contributed by atoms with E-state index < -0.39 is 12.0 Å². The van der Waals surface area contributed by atoms with E-state index in [9.17, 15) is 9.59 Å². The van der Waals surface area contributed by atoms with Gasteiger partial charge in [0.1, 0.15) is 6.04 Å². The first-order chi connectivity index (χ1) is 10.0. The molecule has 0 aliphatic rings. The number of amides is 1. The molecule has 0 saturated carbocycles. The first-order valence-corrected chi connectivity index (χ1v) is 6.67. The number of nitrogens with one attached hydrogen (secondary N) is 1. The minimum Gasteiger partial charge on any atom is -0.480 e. The minimum absolute atomic E-state index is 0.339. The van der Waals surface area contributed by atoms with E-state index in [4.69, 9.17) is 5.11 Å². The number of nitrogens with zero attached hydrogens (tertiary/aromatic N) is 2. The maximum absolute atomic E-state index is 12.1. The van der Waals surface area contributed by atoms with Crippen LogP contribution in [0.25, 0.3) is 5.69 Å². The average molecular weight is 287 g/mol. The van der Waals surface area contributed by atoms with Crippen molar-refractivity contribution in [1.29, 1.82) is 0 Å². The van der Waals surface area contributed by atoms with Crippen LogP contribution in [0.5, 0.6) is 0 Å². The van der Waals surface area contributed by atoms with Crippen LogP contribution in [-0.2, 0) is 4.79 Å². The number of rotatable bonds is 5. The lowest BCUT2D eigenvalue weighted by Gasteiger charge is -2.13. The maximum Gasteiger partial charge on any atom is 0.326 e. The van der Waals surface area contributed by atoms with E-state index in [0.717, 1.165) is 11.3 Å². The lowest BCUT2D eigenvalue weighted by molar-refractivity contribution is -0.139. The van der Waals surface area contributed by atoms with Crippen LogP contribution in [0, 0.1) is 6.92 Å². The van der Waals surface area contributed by atoms with Crippen LogP contribution in [0.2, 0.25) is 0 Å². The summed E-state index contributed by atoms with van der Waals surface area (Å²) in [6, 6.07) is 6.12. The summed E-state index contributed by atoms with van der Waals surface area (Å²) in [7, 11) is 0. The topological polar surface area (TPSA) is 84.2 Å². The molecule has 1 heterocycles. The van der Waals surface area contributed by atoms with Crippen molar-refractivity contribution in [3.63, 3.8) is 0 Å². The summed E-state index contributed by atoms with van der Waals surface area (Å²) < 4.78 is 1.71. The highest BCUT2D eigenvalue weighted by Crippen LogP contribution is 2.15. The molecule has 0 radical (unpaired) electrons. The Morgan fingerprint density at radius 3 is 2.71 bits per heavy atom. The number of carbonyl (C=O) groups is 2. The van der Waals surface area contributed by atoms with Gasteiger partial charge in [0, 0.05) is 18.0 Å². The van der Waals surface area contributed by atoms with Gasteiger partial charge in [-0.05, 0) is 43.2 Å². The van der Waals surface area contributed by atoms with E-state index in [-0.39, 0.29) is 5.91 Å². The monoisotopic (exact) mass is 287 g/mol. The van der Waals surface area contributed by atoms with Crippen molar-refractivity contribution < 1.29 is 14.7 Å². The molecule has 1 atom stereocenters. The molecule has 21 heavy (non-hydrogen) atoms. The molecule has 2 N–H and O–H groups in total. The third kappa shape index (κ3) is 3.28. The van der Waals surface area contributed by atoms with Crippen LogP contribution in [0.1, 0.15) is 29.3 Å². The molecule has 6 heteroatoms. The number of aromatic nitrogens is 2. The number of hydrogen-bond acceptors (Lipinski definition) is 3. The summed E-state index contributed by atoms with van der Waals surface area (Å²) >= 11 is 0. The zero-order chi connectivity index (χ0) is 15.4. The standard InChI is InChI=1S/C15H17N3O3/c1-3-12(15(20)21)17-14(19)11-5-6-13(10(2)9-11)18-8-4-7-16-18/h4-9,12H,3H2,1-2H3,(H,17,19)(H,20,21). The second kappa shape index (κ2) is 6.21. The molecule has 2 aromatic rings. The van der Waals surface area contributed by atoms with Gasteiger partial charge in [0.15, 0.2) is 0 Å². The minimum atomic E-state index is -1.03. The first kappa shape index (κ1) is 14.8. The van der Waals surface area contributed by atoms with Crippen LogP contribution in [0.3, 0.4) is 0 Å². The number of carbonyl (C=O) groups excluding carboxylic acids is 1. The van der Waals surface area contributed by atoms with E-state index in [0.29, 0.717) is 12.0 Å². The summed E-state index contributed by atoms with van der Waals surface area (Å²) in [5.74, 6) is -1.42. The molecule has 0 saturated heterocycles. The van der Waals surface area contributed by atoms with Gasteiger partial charge in [-0.25, -0.2) is 9.48 Å². The summed E-state index contributed by atoms with van der Waals surface area (Å²) in [4.78, 5) is 23.0. The highest BCUT2D eigenvalue weighted by atomic mass is 16.4. The van der Waals surface area contributed by atoms with Crippen molar-refractivity contribution >= 4 is 11.9 Å². The van der Waals surface area contributed by atoms with Crippen molar-refractivity contribution in [2.24, 2.45) is 0 Å². The summed E-state index contributed by atoms with van der Waals surface area (Å²) in [6.45, 7) is 3.59. The second-order valence-electron chi connectivity index (χ2n) is 4.72. The van der Waals surface area contributed by atoms with Crippen LogP contribution >= 0.6 is 0 Å². The summed E-state index contributed by atoms with van der Waals surface area (Å²) in [5.41, 5.74) is 2.19. The summed E-state index contributed by atoms with van der Waals surface area (Å²) in [6.07, 6.45) is 3.84. The zero-order valence-electron chi connectivity index (χ0n) is 11.9. The number of carboxylic acids is 1. The van der Waals surface area contributed by atoms with Gasteiger partial charge in [0.05, 0.1) is 5.69 Å². The van der Waals surface area contributed by atoms with Gasteiger partial charge in [-0.1, -0.05) is 6.92 Å². The van der Waals surface area contributed by atoms with Gasteiger partial charge in [-0.3, -0.25) is 4.79 Å². The van der Waals surface area contributed by atoms with E-state index in [1.165, 1.54) is 0 Å². The van der Waals surface area contributed by atoms with Crippen LogP contribution in [0.15, 0.2) is 36.7 Å². The van der Waals surface area contributed by atoms with Crippen molar-refractivity contribution in [3.8, 4) is 5.69 Å². The van der Waals surface area contributed by atoms with Crippen molar-refractivity contribution in [1.82, 2.24) is 15.1 Å². The van der Waals surface area contributed by atoms with E-state index in [1.54, 1.807) is 36.0 Å². The smallest absolute Gasteiger partial charge is 0.326 e. The molecule has 1 amide bonds. The molecule has 0 fully saturated rings. The molecule has 6 nitrogen and oxygen atoms in total. The van der Waals surface area contributed by atoms with Gasteiger partial charge in [-0.15, -0.1) is 0 Å². The molecule has 110 valence electrons. The Morgan fingerprint density at radius 2 is 2.19 bits per heavy atom. The molecule has 1 aromatic carbocycles. The number of aryl methyl sites for hydroxylation is 1. The Kier molecular flexibility index (Phi) is 4.37. The Balaban J connectivity index is 2.20. The molecule has 0 aliphatic heterocycles. The lowest BCUT2D eigenvalue weighted by Crippen LogP contribution is -2.40. The summed E-state index contributed by atoms with van der Waals surface area (Å²) in [5, 5.41) is 15.6. The van der Waals surface area contributed by atoms with Gasteiger partial charge in [0.2, 0.25) is 0 Å². The molecule has 1 unspecified atom stereocenters. The van der Waals surface area contributed by atoms with Crippen molar-refractivity contribution in [2.45, 2.75) is 26.3 Å². The normalized spacial score (nSPS) is 11.9. The number of benzene rings is 1. The predicted octanol–water partition coefficient (Wildman–Crippen LogP) is 1.77. The third-order valence-electron chi connectivity index (χ3n) is 3.22. The highest BCUT2D eigenvalue weighted by Gasteiger charge is 2.18. The van der Waals surface area contributed by atoms with E-state index in [2.05, 4.69) is 10.4 Å². The fourth-order valence-electron chi connectivity index (χ4n) is 2.05. The van der Waals surface area contributed by atoms with Crippen LogP contribution < -0.4 is 5.32 Å². The van der Waals surface area contributed by atoms with Crippen LogP contribution in [-0.4, -0.2) is 32.8 Å². The molecule has 1 aromatic heterocycles. The maximum atomic E-state index is 12.1. The Hall–Kier alpha value is -2.63. The van der Waals surface area contributed by atoms with Gasteiger partial charge < -0.3 is 10.4 Å². The fourth-order valence-corrected chi connectivity index (χ4v) is 2.05. The molecule has 0 aliphatic carbocycles. The predicted molar refractivity (Wildman–Crippen MR) is 77.5 cm³/mol. The molecular weight excluding hydrogens is 270 g/mol. The zero-order valence-corrected chi connectivity index (χ0v) is 11.9. The number of aliphatic carboxylic acids is 1. The molecule has 0 bridgehead atoms. The Bertz CT molecular complexity index is 650. The molecule has 2 rings (SSSR count). The van der Waals surface area contributed by atoms with E-state index >= 15 is 0 Å².